The molecule has 4 nitrogen and oxygen atoms in total. The molecule has 4 heteroatoms. The number of carboxylic acid groups (broad SMARTS) is 1. The fourth-order valence-electron chi connectivity index (χ4n) is 2.47. The Kier molecular flexibility index (Phi) is 4.68. The largest absolute Gasteiger partial charge is 0.481 e. The lowest BCUT2D eigenvalue weighted by Crippen LogP contribution is -2.28. The molecule has 114 valence electrons. The van der Waals surface area contributed by atoms with Crippen molar-refractivity contribution in [3.63, 3.8) is 0 Å². The van der Waals surface area contributed by atoms with Gasteiger partial charge in [-0.25, -0.2) is 0 Å². The van der Waals surface area contributed by atoms with Crippen LogP contribution in [-0.4, -0.2) is 22.2 Å². The molecule has 0 atom stereocenters. The van der Waals surface area contributed by atoms with E-state index < -0.39 is 11.4 Å². The van der Waals surface area contributed by atoms with E-state index in [0.29, 0.717) is 6.54 Å². The Morgan fingerprint density at radius 2 is 2.10 bits per heavy atom. The number of hydrogen-bond acceptors (Lipinski definition) is 2. The normalized spacial score (nSPS) is 12.0. The molecule has 0 aliphatic heterocycles. The summed E-state index contributed by atoms with van der Waals surface area (Å²) in [7, 11) is 0. The second-order valence-electron chi connectivity index (χ2n) is 6.16. The fraction of sp³-hybridized carbons (Fsp3) is 0.471. The molecule has 0 aliphatic carbocycles. The van der Waals surface area contributed by atoms with E-state index in [2.05, 4.69) is 30.4 Å². The fourth-order valence-corrected chi connectivity index (χ4v) is 2.47. The Bertz CT molecular complexity index is 629. The van der Waals surface area contributed by atoms with Crippen LogP contribution in [0.4, 0.5) is 0 Å². The van der Waals surface area contributed by atoms with Crippen molar-refractivity contribution < 1.29 is 9.90 Å². The average molecular weight is 288 g/mol. The van der Waals surface area contributed by atoms with Gasteiger partial charge in [0.2, 0.25) is 0 Å². The number of carboxylic acids is 1. The standard InChI is InChI=1S/C17H24N2O2/c1-4-9-18-11-13-6-5-7-15-14(13)8-10-19(15)12-17(2,3)16(20)21/h5-8,10,18H,4,9,11-12H2,1-3H3,(H,20,21). The van der Waals surface area contributed by atoms with Crippen molar-refractivity contribution in [2.24, 2.45) is 5.41 Å². The van der Waals surface area contributed by atoms with E-state index in [1.165, 1.54) is 10.9 Å². The number of aromatic nitrogens is 1. The van der Waals surface area contributed by atoms with Crippen LogP contribution in [0.15, 0.2) is 30.5 Å². The van der Waals surface area contributed by atoms with Crippen molar-refractivity contribution in [2.75, 3.05) is 6.54 Å². The second-order valence-corrected chi connectivity index (χ2v) is 6.16. The summed E-state index contributed by atoms with van der Waals surface area (Å²) in [6, 6.07) is 8.29. The van der Waals surface area contributed by atoms with Gasteiger partial charge in [-0.3, -0.25) is 4.79 Å². The molecule has 0 radical (unpaired) electrons. The lowest BCUT2D eigenvalue weighted by Gasteiger charge is -2.20. The number of hydrogen-bond donors (Lipinski definition) is 2. The van der Waals surface area contributed by atoms with Crippen LogP contribution in [0.3, 0.4) is 0 Å². The molecule has 0 aliphatic rings. The van der Waals surface area contributed by atoms with Gasteiger partial charge in [-0.15, -0.1) is 0 Å². The van der Waals surface area contributed by atoms with E-state index in [1.807, 2.05) is 16.8 Å². The minimum Gasteiger partial charge on any atom is -0.481 e. The maximum atomic E-state index is 11.3. The van der Waals surface area contributed by atoms with Crippen molar-refractivity contribution in [1.29, 1.82) is 0 Å². The molecule has 0 amide bonds. The third-order valence-corrected chi connectivity index (χ3v) is 3.79. The van der Waals surface area contributed by atoms with Crippen molar-refractivity contribution in [3.8, 4) is 0 Å². The lowest BCUT2D eigenvalue weighted by atomic mass is 9.94. The molecule has 21 heavy (non-hydrogen) atoms. The van der Waals surface area contributed by atoms with Crippen molar-refractivity contribution in [3.05, 3.63) is 36.0 Å². The molecule has 0 saturated heterocycles. The zero-order chi connectivity index (χ0) is 15.5. The van der Waals surface area contributed by atoms with E-state index in [9.17, 15) is 9.90 Å². The first-order chi connectivity index (χ1) is 9.95. The summed E-state index contributed by atoms with van der Waals surface area (Å²) in [4.78, 5) is 11.3. The Hall–Kier alpha value is -1.81. The third-order valence-electron chi connectivity index (χ3n) is 3.79. The zero-order valence-electron chi connectivity index (χ0n) is 13.0. The molecule has 2 aromatic rings. The molecule has 2 N–H and O–H groups in total. The monoisotopic (exact) mass is 288 g/mol. The summed E-state index contributed by atoms with van der Waals surface area (Å²) in [5, 5.41) is 13.9. The van der Waals surface area contributed by atoms with Crippen LogP contribution in [0, 0.1) is 5.41 Å². The van der Waals surface area contributed by atoms with Gasteiger partial charge in [-0.1, -0.05) is 19.1 Å². The van der Waals surface area contributed by atoms with Crippen LogP contribution in [0.25, 0.3) is 10.9 Å². The highest BCUT2D eigenvalue weighted by atomic mass is 16.4. The van der Waals surface area contributed by atoms with Gasteiger partial charge in [0.25, 0.3) is 0 Å². The van der Waals surface area contributed by atoms with E-state index in [4.69, 9.17) is 0 Å². The SMILES string of the molecule is CCCNCc1cccc2c1ccn2CC(C)(C)C(=O)O. The summed E-state index contributed by atoms with van der Waals surface area (Å²) < 4.78 is 2.03. The second kappa shape index (κ2) is 6.31. The topological polar surface area (TPSA) is 54.3 Å². The molecular formula is C17H24N2O2. The van der Waals surface area contributed by atoms with Crippen LogP contribution >= 0.6 is 0 Å². The van der Waals surface area contributed by atoms with Crippen LogP contribution in [0.1, 0.15) is 32.8 Å². The van der Waals surface area contributed by atoms with E-state index in [0.717, 1.165) is 25.0 Å². The number of nitrogens with one attached hydrogen (secondary N) is 1. The van der Waals surface area contributed by atoms with Gasteiger partial charge in [0.15, 0.2) is 0 Å². The Balaban J connectivity index is 2.28. The molecule has 1 heterocycles. The van der Waals surface area contributed by atoms with Crippen LogP contribution in [0.2, 0.25) is 0 Å². The quantitative estimate of drug-likeness (QED) is 0.769. The first kappa shape index (κ1) is 15.6. The average Bonchev–Trinajstić information content (AvgIpc) is 2.82. The Morgan fingerprint density at radius 3 is 2.76 bits per heavy atom. The summed E-state index contributed by atoms with van der Waals surface area (Å²) in [5.41, 5.74) is 1.58. The molecular weight excluding hydrogens is 264 g/mol. The van der Waals surface area contributed by atoms with Crippen molar-refractivity contribution >= 4 is 16.9 Å². The van der Waals surface area contributed by atoms with Gasteiger partial charge in [-0.2, -0.15) is 0 Å². The van der Waals surface area contributed by atoms with E-state index >= 15 is 0 Å². The molecule has 1 aromatic heterocycles. The van der Waals surface area contributed by atoms with Crippen LogP contribution in [0.5, 0.6) is 0 Å². The van der Waals surface area contributed by atoms with Crippen LogP contribution < -0.4 is 5.32 Å². The third kappa shape index (κ3) is 3.45. The number of fused-ring (bicyclic) bond motifs is 1. The van der Waals surface area contributed by atoms with Gasteiger partial charge in [-0.05, 0) is 44.5 Å². The molecule has 0 saturated carbocycles. The Labute approximate surface area is 125 Å². The number of aliphatic carboxylic acids is 1. The van der Waals surface area contributed by atoms with E-state index in [1.54, 1.807) is 13.8 Å². The number of nitrogens with zero attached hydrogens (tertiary/aromatic N) is 1. The van der Waals surface area contributed by atoms with Gasteiger partial charge in [0.05, 0.1) is 5.41 Å². The van der Waals surface area contributed by atoms with Crippen molar-refractivity contribution in [2.45, 2.75) is 40.3 Å². The number of carbonyl (C=O) groups is 1. The predicted octanol–water partition coefficient (Wildman–Crippen LogP) is 3.25. The highest BCUT2D eigenvalue weighted by molar-refractivity contribution is 5.84. The maximum Gasteiger partial charge on any atom is 0.310 e. The van der Waals surface area contributed by atoms with Gasteiger partial charge < -0.3 is 15.0 Å². The molecule has 2 rings (SSSR count). The van der Waals surface area contributed by atoms with Crippen LogP contribution in [-0.2, 0) is 17.9 Å². The van der Waals surface area contributed by atoms with Gasteiger partial charge in [0.1, 0.15) is 0 Å². The molecule has 0 fully saturated rings. The van der Waals surface area contributed by atoms with Crippen molar-refractivity contribution in [1.82, 2.24) is 9.88 Å². The predicted molar refractivity (Wildman–Crippen MR) is 85.4 cm³/mol. The number of benzene rings is 1. The highest BCUT2D eigenvalue weighted by Crippen LogP contribution is 2.25. The molecule has 0 spiro atoms. The van der Waals surface area contributed by atoms with Gasteiger partial charge >= 0.3 is 5.97 Å². The van der Waals surface area contributed by atoms with Gasteiger partial charge in [0, 0.05) is 30.2 Å². The first-order valence-corrected chi connectivity index (χ1v) is 7.46. The highest BCUT2D eigenvalue weighted by Gasteiger charge is 2.28. The Morgan fingerprint density at radius 1 is 1.33 bits per heavy atom. The maximum absolute atomic E-state index is 11.3. The van der Waals surface area contributed by atoms with E-state index in [-0.39, 0.29) is 0 Å². The first-order valence-electron chi connectivity index (χ1n) is 7.46. The smallest absolute Gasteiger partial charge is 0.310 e. The summed E-state index contributed by atoms with van der Waals surface area (Å²) in [6.07, 6.45) is 3.10. The summed E-state index contributed by atoms with van der Waals surface area (Å²) in [6.45, 7) is 7.98. The molecule has 1 aromatic carbocycles. The zero-order valence-corrected chi connectivity index (χ0v) is 13.0. The summed E-state index contributed by atoms with van der Waals surface area (Å²) >= 11 is 0. The lowest BCUT2D eigenvalue weighted by molar-refractivity contribution is -0.147. The number of rotatable bonds is 7. The summed E-state index contributed by atoms with van der Waals surface area (Å²) in [5.74, 6) is -0.773. The molecule has 0 bridgehead atoms. The minimum atomic E-state index is -0.775. The minimum absolute atomic E-state index is 0.470. The molecule has 0 unspecified atom stereocenters.